The first kappa shape index (κ1) is 10.4. The molecule has 0 saturated carbocycles. The molecule has 2 aromatic carbocycles. The molecule has 0 N–H and O–H groups in total. The summed E-state index contributed by atoms with van der Waals surface area (Å²) in [5.41, 5.74) is 1.20. The van der Waals surface area contributed by atoms with Gasteiger partial charge < -0.3 is 4.79 Å². The zero-order chi connectivity index (χ0) is 10.7. The second kappa shape index (κ2) is 4.58. The highest BCUT2D eigenvalue weighted by Gasteiger charge is 2.03. The second-order valence-electron chi connectivity index (χ2n) is 3.47. The van der Waals surface area contributed by atoms with Gasteiger partial charge in [-0.15, -0.1) is 0 Å². The Kier molecular flexibility index (Phi) is 3.17. The van der Waals surface area contributed by atoms with Crippen LogP contribution in [0.1, 0.15) is 12.0 Å². The van der Waals surface area contributed by atoms with Crippen LogP contribution < -0.4 is 0 Å². The van der Waals surface area contributed by atoms with E-state index in [2.05, 4.69) is 40.2 Å². The molecule has 0 aliphatic carbocycles. The fraction of sp³-hybridized carbons (Fsp3) is 0.154. The van der Waals surface area contributed by atoms with Crippen LogP contribution in [0, 0.1) is 0 Å². The summed E-state index contributed by atoms with van der Waals surface area (Å²) < 4.78 is 1.11. The maximum absolute atomic E-state index is 10.3. The first-order valence-corrected chi connectivity index (χ1v) is 5.72. The predicted octanol–water partition coefficient (Wildman–Crippen LogP) is 3.73. The highest BCUT2D eigenvalue weighted by atomic mass is 79.9. The minimum atomic E-state index is 0.580. The number of hydrogen-bond donors (Lipinski definition) is 0. The summed E-state index contributed by atoms with van der Waals surface area (Å²) in [5, 5.41) is 2.43. The third-order valence-corrected chi connectivity index (χ3v) is 3.41. The van der Waals surface area contributed by atoms with Crippen LogP contribution in [0.4, 0.5) is 0 Å². The Morgan fingerprint density at radius 3 is 2.73 bits per heavy atom. The smallest absolute Gasteiger partial charge is 0.120 e. The van der Waals surface area contributed by atoms with E-state index < -0.39 is 0 Å². The molecule has 2 heteroatoms. The largest absolute Gasteiger partial charge is 0.303 e. The van der Waals surface area contributed by atoms with Gasteiger partial charge in [0.25, 0.3) is 0 Å². The van der Waals surface area contributed by atoms with E-state index in [0.29, 0.717) is 6.42 Å². The number of benzene rings is 2. The number of carbonyl (C=O) groups excluding carboxylic acids is 1. The van der Waals surface area contributed by atoms with Crippen LogP contribution in [0.15, 0.2) is 40.9 Å². The number of rotatable bonds is 3. The average Bonchev–Trinajstić information content (AvgIpc) is 2.29. The Labute approximate surface area is 97.2 Å². The molecule has 0 spiro atoms. The molecule has 1 nitrogen and oxygen atoms in total. The zero-order valence-electron chi connectivity index (χ0n) is 8.24. The Morgan fingerprint density at radius 1 is 1.13 bits per heavy atom. The summed E-state index contributed by atoms with van der Waals surface area (Å²) in [7, 11) is 0. The quantitative estimate of drug-likeness (QED) is 0.771. The molecule has 0 aliphatic heterocycles. The molecule has 0 aromatic heterocycles. The van der Waals surface area contributed by atoms with Gasteiger partial charge in [-0.3, -0.25) is 0 Å². The van der Waals surface area contributed by atoms with E-state index in [1.165, 1.54) is 16.3 Å². The van der Waals surface area contributed by atoms with Crippen LogP contribution in [0.2, 0.25) is 0 Å². The maximum atomic E-state index is 10.3. The summed E-state index contributed by atoms with van der Waals surface area (Å²) in [6, 6.07) is 12.4. The molecule has 76 valence electrons. The zero-order valence-corrected chi connectivity index (χ0v) is 9.83. The van der Waals surface area contributed by atoms with Gasteiger partial charge in [-0.25, -0.2) is 0 Å². The Bertz CT molecular complexity index is 491. The monoisotopic (exact) mass is 262 g/mol. The van der Waals surface area contributed by atoms with Crippen LogP contribution in [0.5, 0.6) is 0 Å². The third-order valence-electron chi connectivity index (χ3n) is 2.47. The summed E-state index contributed by atoms with van der Waals surface area (Å²) in [6.45, 7) is 0. The van der Waals surface area contributed by atoms with Crippen molar-refractivity contribution in [2.24, 2.45) is 0 Å². The first-order valence-electron chi connectivity index (χ1n) is 4.92. The molecule has 15 heavy (non-hydrogen) atoms. The number of halogens is 1. The number of hydrogen-bond acceptors (Lipinski definition) is 1. The molecule has 2 aromatic rings. The topological polar surface area (TPSA) is 17.1 Å². The molecule has 0 radical (unpaired) electrons. The highest BCUT2D eigenvalue weighted by molar-refractivity contribution is 9.10. The lowest BCUT2D eigenvalue weighted by molar-refractivity contribution is -0.107. The van der Waals surface area contributed by atoms with E-state index in [0.717, 1.165) is 17.2 Å². The van der Waals surface area contributed by atoms with Crippen molar-refractivity contribution < 1.29 is 4.79 Å². The van der Waals surface area contributed by atoms with E-state index in [1.807, 2.05) is 12.1 Å². The lowest BCUT2D eigenvalue weighted by atomic mass is 10.0. The number of aldehydes is 1. The Hall–Kier alpha value is -1.15. The molecule has 2 rings (SSSR count). The van der Waals surface area contributed by atoms with E-state index >= 15 is 0 Å². The van der Waals surface area contributed by atoms with Crippen LogP contribution in [0.3, 0.4) is 0 Å². The second-order valence-corrected chi connectivity index (χ2v) is 4.26. The van der Waals surface area contributed by atoms with Gasteiger partial charge in [0.05, 0.1) is 0 Å². The van der Waals surface area contributed by atoms with Gasteiger partial charge in [0.15, 0.2) is 0 Å². The summed E-state index contributed by atoms with van der Waals surface area (Å²) in [4.78, 5) is 10.3. The molecule has 0 amide bonds. The van der Waals surface area contributed by atoms with Crippen molar-refractivity contribution in [3.63, 3.8) is 0 Å². The fourth-order valence-corrected chi connectivity index (χ4v) is 2.38. The molecule has 0 unspecified atom stereocenters. The van der Waals surface area contributed by atoms with Crippen LogP contribution in [0.25, 0.3) is 10.8 Å². The average molecular weight is 263 g/mol. The molecule has 0 aliphatic rings. The van der Waals surface area contributed by atoms with E-state index in [4.69, 9.17) is 0 Å². The van der Waals surface area contributed by atoms with Crippen molar-refractivity contribution in [1.29, 1.82) is 0 Å². The molecule has 0 heterocycles. The summed E-state index contributed by atoms with van der Waals surface area (Å²) >= 11 is 3.60. The highest BCUT2D eigenvalue weighted by Crippen LogP contribution is 2.28. The molecule has 0 saturated heterocycles. The summed E-state index contributed by atoms with van der Waals surface area (Å²) in [6.07, 6.45) is 2.34. The molecule has 0 atom stereocenters. The van der Waals surface area contributed by atoms with Crippen molar-refractivity contribution in [3.8, 4) is 0 Å². The molecular weight excluding hydrogens is 252 g/mol. The van der Waals surface area contributed by atoms with Crippen molar-refractivity contribution in [3.05, 3.63) is 46.4 Å². The van der Waals surface area contributed by atoms with Gasteiger partial charge >= 0.3 is 0 Å². The minimum absolute atomic E-state index is 0.580. The van der Waals surface area contributed by atoms with Crippen LogP contribution >= 0.6 is 15.9 Å². The first-order chi connectivity index (χ1) is 7.33. The van der Waals surface area contributed by atoms with Gasteiger partial charge in [-0.2, -0.15) is 0 Å². The van der Waals surface area contributed by atoms with Gasteiger partial charge in [0.2, 0.25) is 0 Å². The lowest BCUT2D eigenvalue weighted by Gasteiger charge is -2.06. The minimum Gasteiger partial charge on any atom is -0.303 e. The van der Waals surface area contributed by atoms with E-state index in [9.17, 15) is 4.79 Å². The van der Waals surface area contributed by atoms with Gasteiger partial charge in [-0.1, -0.05) is 36.4 Å². The van der Waals surface area contributed by atoms with Crippen molar-refractivity contribution in [1.82, 2.24) is 0 Å². The number of carbonyl (C=O) groups is 1. The van der Waals surface area contributed by atoms with Gasteiger partial charge in [-0.05, 0) is 38.7 Å². The lowest BCUT2D eigenvalue weighted by Crippen LogP contribution is -1.88. The van der Waals surface area contributed by atoms with Crippen molar-refractivity contribution >= 4 is 33.0 Å². The Balaban J connectivity index is 2.50. The van der Waals surface area contributed by atoms with Crippen molar-refractivity contribution in [2.45, 2.75) is 12.8 Å². The van der Waals surface area contributed by atoms with Crippen LogP contribution in [-0.2, 0) is 11.2 Å². The predicted molar refractivity (Wildman–Crippen MR) is 66.0 cm³/mol. The maximum Gasteiger partial charge on any atom is 0.120 e. The van der Waals surface area contributed by atoms with Crippen molar-refractivity contribution in [2.75, 3.05) is 0 Å². The SMILES string of the molecule is O=CCCc1ccc2ccccc2c1Br. The van der Waals surface area contributed by atoms with E-state index in [1.54, 1.807) is 0 Å². The normalized spacial score (nSPS) is 10.5. The van der Waals surface area contributed by atoms with Crippen LogP contribution in [-0.4, -0.2) is 6.29 Å². The fourth-order valence-electron chi connectivity index (χ4n) is 1.69. The third kappa shape index (κ3) is 2.10. The standard InChI is InChI=1S/C13H11BrO/c14-13-11(5-3-9-15)8-7-10-4-1-2-6-12(10)13/h1-2,4,6-9H,3,5H2. The Morgan fingerprint density at radius 2 is 1.93 bits per heavy atom. The van der Waals surface area contributed by atoms with Gasteiger partial charge in [0.1, 0.15) is 6.29 Å². The number of fused-ring (bicyclic) bond motifs is 1. The molecule has 0 fully saturated rings. The van der Waals surface area contributed by atoms with E-state index in [-0.39, 0.29) is 0 Å². The molecular formula is C13H11BrO. The van der Waals surface area contributed by atoms with Gasteiger partial charge in [0, 0.05) is 10.9 Å². The summed E-state index contributed by atoms with van der Waals surface area (Å²) in [5.74, 6) is 0. The molecule has 0 bridgehead atoms. The number of aryl methyl sites for hydroxylation is 1.